The van der Waals surface area contributed by atoms with Gasteiger partial charge in [0.05, 0.1) is 13.2 Å². The number of benzene rings is 1. The van der Waals surface area contributed by atoms with Crippen molar-refractivity contribution in [1.82, 2.24) is 10.6 Å². The Morgan fingerprint density at radius 2 is 2.00 bits per heavy atom. The summed E-state index contributed by atoms with van der Waals surface area (Å²) in [5, 5.41) is 15.1. The summed E-state index contributed by atoms with van der Waals surface area (Å²) in [5.41, 5.74) is -0.0324. The second-order valence-corrected chi connectivity index (χ2v) is 4.45. The molecular weight excluding hydrogens is 232 g/mol. The van der Waals surface area contributed by atoms with Gasteiger partial charge in [0.1, 0.15) is 5.60 Å². The second-order valence-electron chi connectivity index (χ2n) is 4.45. The maximum atomic E-state index is 11.5. The van der Waals surface area contributed by atoms with Crippen LogP contribution < -0.4 is 10.6 Å². The molecule has 18 heavy (non-hydrogen) atoms. The molecular formula is C13H20N2O3. The van der Waals surface area contributed by atoms with E-state index in [0.717, 1.165) is 5.56 Å². The van der Waals surface area contributed by atoms with Gasteiger partial charge in [-0.05, 0) is 12.5 Å². The van der Waals surface area contributed by atoms with E-state index in [4.69, 9.17) is 4.74 Å². The first-order valence-electron chi connectivity index (χ1n) is 5.80. The van der Waals surface area contributed by atoms with Crippen molar-refractivity contribution < 1.29 is 14.6 Å². The van der Waals surface area contributed by atoms with Gasteiger partial charge in [-0.1, -0.05) is 30.3 Å². The van der Waals surface area contributed by atoms with Crippen molar-refractivity contribution in [2.24, 2.45) is 0 Å². The predicted octanol–water partition coefficient (Wildman–Crippen LogP) is 0.883. The summed E-state index contributed by atoms with van der Waals surface area (Å²) in [4.78, 5) is 11.5. The van der Waals surface area contributed by atoms with Crippen molar-refractivity contribution in [3.63, 3.8) is 0 Å². The van der Waals surface area contributed by atoms with Gasteiger partial charge in [0, 0.05) is 13.7 Å². The fourth-order valence-electron chi connectivity index (χ4n) is 1.47. The van der Waals surface area contributed by atoms with Gasteiger partial charge in [0.15, 0.2) is 0 Å². The molecule has 0 saturated carbocycles. The number of carbonyl (C=O) groups excluding carboxylic acids is 1. The molecule has 1 aromatic rings. The summed E-state index contributed by atoms with van der Waals surface area (Å²) in [6, 6.07) is 9.31. The molecule has 0 fully saturated rings. The number of methoxy groups -OCH3 is 1. The van der Waals surface area contributed by atoms with Crippen LogP contribution >= 0.6 is 0 Å². The van der Waals surface area contributed by atoms with Crippen LogP contribution in [0.5, 0.6) is 0 Å². The Morgan fingerprint density at radius 1 is 1.33 bits per heavy atom. The average molecular weight is 252 g/mol. The number of ether oxygens (including phenoxy) is 1. The lowest BCUT2D eigenvalue weighted by molar-refractivity contribution is -0.0136. The minimum Gasteiger partial charge on any atom is -0.386 e. The molecule has 0 aliphatic heterocycles. The van der Waals surface area contributed by atoms with E-state index in [0.29, 0.717) is 6.54 Å². The highest BCUT2D eigenvalue weighted by atomic mass is 16.5. The highest BCUT2D eigenvalue weighted by Crippen LogP contribution is 2.01. The summed E-state index contributed by atoms with van der Waals surface area (Å²) in [7, 11) is 1.50. The fraction of sp³-hybridized carbons (Fsp3) is 0.462. The number of aliphatic hydroxyl groups is 1. The lowest BCUT2D eigenvalue weighted by Crippen LogP contribution is -2.46. The summed E-state index contributed by atoms with van der Waals surface area (Å²) in [6.07, 6.45) is 0. The van der Waals surface area contributed by atoms with Crippen molar-refractivity contribution in [1.29, 1.82) is 0 Å². The van der Waals surface area contributed by atoms with Crippen LogP contribution in [0.15, 0.2) is 30.3 Å². The van der Waals surface area contributed by atoms with E-state index in [1.54, 1.807) is 6.92 Å². The van der Waals surface area contributed by atoms with E-state index in [-0.39, 0.29) is 19.2 Å². The number of hydrogen-bond donors (Lipinski definition) is 3. The summed E-state index contributed by atoms with van der Waals surface area (Å²) in [6.45, 7) is 2.38. The van der Waals surface area contributed by atoms with E-state index >= 15 is 0 Å². The van der Waals surface area contributed by atoms with Crippen LogP contribution in [-0.4, -0.2) is 37.0 Å². The van der Waals surface area contributed by atoms with Crippen LogP contribution in [-0.2, 0) is 11.3 Å². The topological polar surface area (TPSA) is 70.6 Å². The molecule has 0 aliphatic rings. The molecule has 0 saturated heterocycles. The molecule has 0 bridgehead atoms. The quantitative estimate of drug-likeness (QED) is 0.704. The third-order valence-corrected chi connectivity index (χ3v) is 2.38. The molecule has 100 valence electrons. The molecule has 5 heteroatoms. The highest BCUT2D eigenvalue weighted by Gasteiger charge is 2.20. The van der Waals surface area contributed by atoms with Gasteiger partial charge in [-0.25, -0.2) is 4.79 Å². The molecule has 5 nitrogen and oxygen atoms in total. The third kappa shape index (κ3) is 5.65. The average Bonchev–Trinajstić information content (AvgIpc) is 2.35. The molecule has 0 aliphatic carbocycles. The first-order valence-corrected chi connectivity index (χ1v) is 5.80. The number of carbonyl (C=O) groups is 1. The van der Waals surface area contributed by atoms with Gasteiger partial charge in [-0.2, -0.15) is 0 Å². The van der Waals surface area contributed by atoms with Crippen LogP contribution in [0.4, 0.5) is 4.79 Å². The Hall–Kier alpha value is -1.59. The Bertz CT molecular complexity index is 366. The number of nitrogens with one attached hydrogen (secondary N) is 2. The number of urea groups is 1. The lowest BCUT2D eigenvalue weighted by atomic mass is 10.1. The zero-order valence-electron chi connectivity index (χ0n) is 10.8. The standard InChI is InChI=1S/C13H20N2O3/c1-13(17,10-18-2)9-15-12(16)14-8-11-6-4-3-5-7-11/h3-7,17H,8-10H2,1-2H3,(H2,14,15,16). The van der Waals surface area contributed by atoms with Gasteiger partial charge in [0.2, 0.25) is 0 Å². The van der Waals surface area contributed by atoms with Crippen molar-refractivity contribution in [3.8, 4) is 0 Å². The monoisotopic (exact) mass is 252 g/mol. The molecule has 2 amide bonds. The minimum absolute atomic E-state index is 0.140. The largest absolute Gasteiger partial charge is 0.386 e. The Morgan fingerprint density at radius 3 is 2.61 bits per heavy atom. The van der Waals surface area contributed by atoms with Crippen LogP contribution in [0.3, 0.4) is 0 Å². The smallest absolute Gasteiger partial charge is 0.315 e. The SMILES string of the molecule is COCC(C)(O)CNC(=O)NCc1ccccc1. The molecule has 3 N–H and O–H groups in total. The third-order valence-electron chi connectivity index (χ3n) is 2.38. The lowest BCUT2D eigenvalue weighted by Gasteiger charge is -2.22. The number of hydrogen-bond acceptors (Lipinski definition) is 3. The molecule has 0 spiro atoms. The second kappa shape index (κ2) is 6.98. The van der Waals surface area contributed by atoms with Gasteiger partial charge < -0.3 is 20.5 Å². The van der Waals surface area contributed by atoms with E-state index in [1.165, 1.54) is 7.11 Å². The van der Waals surface area contributed by atoms with Gasteiger partial charge in [-0.3, -0.25) is 0 Å². The summed E-state index contributed by atoms with van der Waals surface area (Å²) < 4.78 is 4.85. The molecule has 1 rings (SSSR count). The Kier molecular flexibility index (Phi) is 5.61. The van der Waals surface area contributed by atoms with E-state index in [9.17, 15) is 9.90 Å². The highest BCUT2D eigenvalue weighted by molar-refractivity contribution is 5.73. The molecule has 1 atom stereocenters. The predicted molar refractivity (Wildman–Crippen MR) is 69.2 cm³/mol. The first kappa shape index (κ1) is 14.5. The van der Waals surface area contributed by atoms with Crippen LogP contribution in [0.25, 0.3) is 0 Å². The molecule has 1 unspecified atom stereocenters. The van der Waals surface area contributed by atoms with Crippen molar-refractivity contribution >= 4 is 6.03 Å². The Balaban J connectivity index is 2.26. The molecule has 0 radical (unpaired) electrons. The summed E-state index contributed by atoms with van der Waals surface area (Å²) >= 11 is 0. The number of amides is 2. The van der Waals surface area contributed by atoms with E-state index in [2.05, 4.69) is 10.6 Å². The zero-order chi connectivity index (χ0) is 13.4. The van der Waals surface area contributed by atoms with E-state index < -0.39 is 5.60 Å². The van der Waals surface area contributed by atoms with Gasteiger partial charge in [-0.15, -0.1) is 0 Å². The zero-order valence-corrected chi connectivity index (χ0v) is 10.8. The van der Waals surface area contributed by atoms with Crippen LogP contribution in [0, 0.1) is 0 Å². The van der Waals surface area contributed by atoms with Gasteiger partial charge >= 0.3 is 6.03 Å². The summed E-state index contributed by atoms with van der Waals surface area (Å²) in [5.74, 6) is 0. The van der Waals surface area contributed by atoms with E-state index in [1.807, 2.05) is 30.3 Å². The molecule has 0 aromatic heterocycles. The normalized spacial score (nSPS) is 13.7. The van der Waals surface area contributed by atoms with Crippen LogP contribution in [0.1, 0.15) is 12.5 Å². The molecule has 0 heterocycles. The minimum atomic E-state index is -1.06. The maximum Gasteiger partial charge on any atom is 0.315 e. The van der Waals surface area contributed by atoms with Crippen molar-refractivity contribution in [2.45, 2.75) is 19.1 Å². The first-order chi connectivity index (χ1) is 8.53. The van der Waals surface area contributed by atoms with Gasteiger partial charge in [0.25, 0.3) is 0 Å². The fourth-order valence-corrected chi connectivity index (χ4v) is 1.47. The van der Waals surface area contributed by atoms with Crippen LogP contribution in [0.2, 0.25) is 0 Å². The Labute approximate surface area is 107 Å². The van der Waals surface area contributed by atoms with Crippen molar-refractivity contribution in [3.05, 3.63) is 35.9 Å². The number of rotatable bonds is 6. The molecule has 1 aromatic carbocycles. The maximum absolute atomic E-state index is 11.5. The van der Waals surface area contributed by atoms with Crippen molar-refractivity contribution in [2.75, 3.05) is 20.3 Å².